The molecule has 0 radical (unpaired) electrons. The topological polar surface area (TPSA) is 51.2 Å². The Kier molecular flexibility index (Phi) is 2.75. The van der Waals surface area contributed by atoms with E-state index >= 15 is 0 Å². The molecule has 0 saturated carbocycles. The van der Waals surface area contributed by atoms with Crippen molar-refractivity contribution in [3.8, 4) is 0 Å². The van der Waals surface area contributed by atoms with Crippen LogP contribution in [0.2, 0.25) is 0 Å². The van der Waals surface area contributed by atoms with Crippen LogP contribution < -0.4 is 5.73 Å². The summed E-state index contributed by atoms with van der Waals surface area (Å²) in [5.74, 6) is 0. The minimum absolute atomic E-state index is 0.0310. The first-order valence-corrected chi connectivity index (χ1v) is 5.11. The molecule has 0 spiro atoms. The molecule has 0 bridgehead atoms. The largest absolute Gasteiger partial charge is 0.395 e. The smallest absolute Gasteiger partial charge is 0.0585 e. The average molecular weight is 204 g/mol. The maximum atomic E-state index is 8.94. The molecule has 1 atom stereocenters. The summed E-state index contributed by atoms with van der Waals surface area (Å²) in [6, 6.07) is 8.06. The van der Waals surface area contributed by atoms with Crippen molar-refractivity contribution in [1.82, 2.24) is 4.57 Å². The van der Waals surface area contributed by atoms with Gasteiger partial charge in [0, 0.05) is 30.2 Å². The van der Waals surface area contributed by atoms with Crippen LogP contribution in [-0.4, -0.2) is 22.3 Å². The van der Waals surface area contributed by atoms with Crippen LogP contribution in [0, 0.1) is 0 Å². The van der Waals surface area contributed by atoms with Crippen molar-refractivity contribution in [2.75, 3.05) is 6.61 Å². The summed E-state index contributed by atoms with van der Waals surface area (Å²) in [6.45, 7) is 0.0310. The second-order valence-electron chi connectivity index (χ2n) is 3.93. The molecule has 3 nitrogen and oxygen atoms in total. The molecule has 15 heavy (non-hydrogen) atoms. The Morgan fingerprint density at radius 3 is 2.87 bits per heavy atom. The number of benzene rings is 1. The number of hydrogen-bond donors (Lipinski definition) is 2. The number of nitrogens with two attached hydrogens (primary N) is 1. The molecular formula is C12H16N2O. The van der Waals surface area contributed by atoms with Gasteiger partial charge in [-0.25, -0.2) is 0 Å². The Hall–Kier alpha value is -1.32. The van der Waals surface area contributed by atoms with Gasteiger partial charge in [0.15, 0.2) is 0 Å². The summed E-state index contributed by atoms with van der Waals surface area (Å²) in [5.41, 5.74) is 8.16. The fraction of sp³-hybridized carbons (Fsp3) is 0.333. The Bertz CT molecular complexity index is 462. The van der Waals surface area contributed by atoms with Crippen LogP contribution in [0.25, 0.3) is 10.9 Å². The highest BCUT2D eigenvalue weighted by Gasteiger charge is 2.09. The van der Waals surface area contributed by atoms with E-state index in [4.69, 9.17) is 10.8 Å². The number of para-hydroxylation sites is 1. The molecule has 2 aromatic rings. The van der Waals surface area contributed by atoms with Crippen LogP contribution in [0.3, 0.4) is 0 Å². The van der Waals surface area contributed by atoms with E-state index < -0.39 is 0 Å². The van der Waals surface area contributed by atoms with Crippen LogP contribution in [0.15, 0.2) is 30.5 Å². The van der Waals surface area contributed by atoms with Gasteiger partial charge in [0.05, 0.1) is 6.61 Å². The van der Waals surface area contributed by atoms with Gasteiger partial charge in [-0.05, 0) is 18.1 Å². The zero-order chi connectivity index (χ0) is 10.8. The quantitative estimate of drug-likeness (QED) is 0.785. The van der Waals surface area contributed by atoms with E-state index in [1.165, 1.54) is 16.5 Å². The number of aliphatic hydroxyl groups excluding tert-OH is 1. The molecule has 1 aromatic carbocycles. The highest BCUT2D eigenvalue weighted by Crippen LogP contribution is 2.20. The Morgan fingerprint density at radius 1 is 1.40 bits per heavy atom. The molecule has 0 aliphatic carbocycles. The second-order valence-corrected chi connectivity index (χ2v) is 3.93. The maximum absolute atomic E-state index is 8.94. The molecule has 2 rings (SSSR count). The molecule has 0 amide bonds. The van der Waals surface area contributed by atoms with Crippen molar-refractivity contribution in [2.45, 2.75) is 12.5 Å². The van der Waals surface area contributed by atoms with Crippen molar-refractivity contribution in [3.63, 3.8) is 0 Å². The van der Waals surface area contributed by atoms with Crippen molar-refractivity contribution in [2.24, 2.45) is 12.8 Å². The lowest BCUT2D eigenvalue weighted by Gasteiger charge is -2.05. The molecule has 0 fully saturated rings. The van der Waals surface area contributed by atoms with E-state index in [2.05, 4.69) is 22.9 Å². The summed E-state index contributed by atoms with van der Waals surface area (Å²) < 4.78 is 2.09. The minimum atomic E-state index is -0.171. The van der Waals surface area contributed by atoms with E-state index in [-0.39, 0.29) is 12.6 Å². The van der Waals surface area contributed by atoms with Crippen LogP contribution in [0.1, 0.15) is 5.56 Å². The molecule has 0 aliphatic heterocycles. The monoisotopic (exact) mass is 204 g/mol. The molecular weight excluding hydrogens is 188 g/mol. The van der Waals surface area contributed by atoms with Gasteiger partial charge in [0.2, 0.25) is 0 Å². The number of nitrogens with zero attached hydrogens (tertiary/aromatic N) is 1. The van der Waals surface area contributed by atoms with Gasteiger partial charge in [-0.15, -0.1) is 0 Å². The maximum Gasteiger partial charge on any atom is 0.0585 e. The first-order chi connectivity index (χ1) is 7.22. The number of aryl methyl sites for hydroxylation is 1. The highest BCUT2D eigenvalue weighted by atomic mass is 16.3. The fourth-order valence-corrected chi connectivity index (χ4v) is 1.94. The summed E-state index contributed by atoms with van der Waals surface area (Å²) in [4.78, 5) is 0. The van der Waals surface area contributed by atoms with Gasteiger partial charge in [0.25, 0.3) is 0 Å². The minimum Gasteiger partial charge on any atom is -0.395 e. The lowest BCUT2D eigenvalue weighted by atomic mass is 10.1. The molecule has 1 unspecified atom stereocenters. The van der Waals surface area contributed by atoms with Gasteiger partial charge in [0.1, 0.15) is 0 Å². The van der Waals surface area contributed by atoms with Gasteiger partial charge < -0.3 is 15.4 Å². The number of rotatable bonds is 3. The molecule has 1 heterocycles. The number of fused-ring (bicyclic) bond motifs is 1. The van der Waals surface area contributed by atoms with Gasteiger partial charge in [-0.2, -0.15) is 0 Å². The molecule has 3 heteroatoms. The molecule has 0 saturated heterocycles. The van der Waals surface area contributed by atoms with Crippen LogP contribution in [0.5, 0.6) is 0 Å². The second kappa shape index (κ2) is 4.04. The third-order valence-electron chi connectivity index (χ3n) is 2.70. The van der Waals surface area contributed by atoms with E-state index in [0.717, 1.165) is 6.42 Å². The Balaban J connectivity index is 2.43. The van der Waals surface area contributed by atoms with Crippen LogP contribution in [0.4, 0.5) is 0 Å². The van der Waals surface area contributed by atoms with E-state index in [1.54, 1.807) is 0 Å². The highest BCUT2D eigenvalue weighted by molar-refractivity contribution is 5.83. The first-order valence-electron chi connectivity index (χ1n) is 5.11. The van der Waals surface area contributed by atoms with Gasteiger partial charge in [-0.3, -0.25) is 0 Å². The number of aromatic nitrogens is 1. The van der Waals surface area contributed by atoms with Gasteiger partial charge >= 0.3 is 0 Å². The lowest BCUT2D eigenvalue weighted by Crippen LogP contribution is -2.26. The summed E-state index contributed by atoms with van der Waals surface area (Å²) >= 11 is 0. The Morgan fingerprint density at radius 2 is 2.13 bits per heavy atom. The van der Waals surface area contributed by atoms with E-state index in [0.29, 0.717) is 0 Å². The standard InChI is InChI=1S/C12H16N2O/c1-14-7-9(6-10(13)8-15)11-4-2-3-5-12(11)14/h2-5,7,10,15H,6,8,13H2,1H3. The van der Waals surface area contributed by atoms with Gasteiger partial charge in [-0.1, -0.05) is 18.2 Å². The number of aliphatic hydroxyl groups is 1. The van der Waals surface area contributed by atoms with E-state index in [9.17, 15) is 0 Å². The van der Waals surface area contributed by atoms with E-state index in [1.807, 2.05) is 19.2 Å². The molecule has 0 aliphatic rings. The van der Waals surface area contributed by atoms with Crippen molar-refractivity contribution in [1.29, 1.82) is 0 Å². The summed E-state index contributed by atoms with van der Waals surface area (Å²) in [6.07, 6.45) is 2.80. The summed E-state index contributed by atoms with van der Waals surface area (Å²) in [7, 11) is 2.02. The fourth-order valence-electron chi connectivity index (χ4n) is 1.94. The molecule has 80 valence electrons. The third-order valence-corrected chi connectivity index (χ3v) is 2.70. The number of hydrogen-bond acceptors (Lipinski definition) is 2. The average Bonchev–Trinajstić information content (AvgIpc) is 2.57. The normalized spacial score (nSPS) is 13.3. The predicted octanol–water partition coefficient (Wildman–Crippen LogP) is 1.04. The van der Waals surface area contributed by atoms with Crippen molar-refractivity contribution < 1.29 is 5.11 Å². The van der Waals surface area contributed by atoms with Crippen molar-refractivity contribution >= 4 is 10.9 Å². The zero-order valence-corrected chi connectivity index (χ0v) is 8.85. The van der Waals surface area contributed by atoms with Crippen LogP contribution in [-0.2, 0) is 13.5 Å². The lowest BCUT2D eigenvalue weighted by molar-refractivity contribution is 0.265. The van der Waals surface area contributed by atoms with Crippen LogP contribution >= 0.6 is 0 Å². The molecule has 1 aromatic heterocycles. The zero-order valence-electron chi connectivity index (χ0n) is 8.85. The first kappa shape index (κ1) is 10.2. The van der Waals surface area contributed by atoms with Crippen molar-refractivity contribution in [3.05, 3.63) is 36.0 Å². The summed E-state index contributed by atoms with van der Waals surface area (Å²) in [5, 5.41) is 10.2. The SMILES string of the molecule is Cn1cc(CC(N)CO)c2ccccc21. The third kappa shape index (κ3) is 1.89. The molecule has 3 N–H and O–H groups in total. The Labute approximate surface area is 89.1 Å². The predicted molar refractivity (Wildman–Crippen MR) is 61.7 cm³/mol.